The van der Waals surface area contributed by atoms with E-state index < -0.39 is 0 Å². The molecule has 1 aliphatic rings. The van der Waals surface area contributed by atoms with Crippen molar-refractivity contribution in [1.82, 2.24) is 5.32 Å². The molecule has 0 unspecified atom stereocenters. The summed E-state index contributed by atoms with van der Waals surface area (Å²) in [5.41, 5.74) is 3.18. The molecule has 0 saturated heterocycles. The Kier molecular flexibility index (Phi) is 1.92. The molecule has 0 radical (unpaired) electrons. The van der Waals surface area contributed by atoms with Crippen molar-refractivity contribution in [3.63, 3.8) is 0 Å². The first-order valence-corrected chi connectivity index (χ1v) is 2.80. The zero-order chi connectivity index (χ0) is 7.40. The largest absolute Gasteiger partial charge is 0.464 e. The monoisotopic (exact) mass is 139 g/mol. The van der Waals surface area contributed by atoms with E-state index in [1.807, 2.05) is 0 Å². The van der Waals surface area contributed by atoms with Gasteiger partial charge in [-0.2, -0.15) is 0 Å². The zero-order valence-electron chi connectivity index (χ0n) is 5.55. The second-order valence-electron chi connectivity index (χ2n) is 1.69. The molecule has 3 nitrogen and oxygen atoms in total. The van der Waals surface area contributed by atoms with Gasteiger partial charge in [0.15, 0.2) is 0 Å². The Morgan fingerprint density at radius 3 is 3.20 bits per heavy atom. The van der Waals surface area contributed by atoms with Crippen LogP contribution in [0.1, 0.15) is 1.43 Å². The number of carbonyl (C=O) groups is 1. The van der Waals surface area contributed by atoms with Gasteiger partial charge in [-0.1, -0.05) is 0 Å². The summed E-state index contributed by atoms with van der Waals surface area (Å²) in [4.78, 5) is 10.7. The number of esters is 1. The summed E-state index contributed by atoms with van der Waals surface area (Å²) in [5, 5.41) is 2.69. The lowest BCUT2D eigenvalue weighted by Gasteiger charge is -2.03. The fraction of sp³-hybridized carbons (Fsp3) is 0.143. The molecule has 0 saturated carbocycles. The van der Waals surface area contributed by atoms with Crippen LogP contribution < -0.4 is 5.32 Å². The lowest BCUT2D eigenvalue weighted by atomic mass is 10.3. The third-order valence-corrected chi connectivity index (χ3v) is 1.06. The van der Waals surface area contributed by atoms with Crippen molar-refractivity contribution in [1.29, 1.82) is 0 Å². The Morgan fingerprint density at radius 1 is 1.90 bits per heavy atom. The maximum atomic E-state index is 10.7. The van der Waals surface area contributed by atoms with Crippen LogP contribution in [-0.4, -0.2) is 13.1 Å². The van der Waals surface area contributed by atoms with Gasteiger partial charge in [-0.05, 0) is 12.2 Å². The van der Waals surface area contributed by atoms with Crippen molar-refractivity contribution in [2.24, 2.45) is 0 Å². The molecule has 0 aromatic carbocycles. The summed E-state index contributed by atoms with van der Waals surface area (Å²) in [7, 11) is 1.34. The number of carbonyl (C=O) groups excluding carboxylic acids is 1. The Labute approximate surface area is 60.2 Å². The first kappa shape index (κ1) is 6.65. The van der Waals surface area contributed by atoms with Crippen molar-refractivity contribution in [3.05, 3.63) is 29.8 Å². The molecule has 0 amide bonds. The number of nitrogens with one attached hydrogen (secondary N) is 1. The van der Waals surface area contributed by atoms with Crippen LogP contribution in [0.2, 0.25) is 0 Å². The predicted molar refractivity (Wildman–Crippen MR) is 38.0 cm³/mol. The van der Waals surface area contributed by atoms with E-state index in [4.69, 9.17) is 0 Å². The molecule has 1 heterocycles. The van der Waals surface area contributed by atoms with Crippen molar-refractivity contribution in [2.45, 2.75) is 0 Å². The minimum Gasteiger partial charge on any atom is -0.464 e. The molecule has 0 aliphatic carbocycles. The van der Waals surface area contributed by atoms with Gasteiger partial charge in [-0.25, -0.2) is 4.79 Å². The SMILES string of the molecule is COC(=O)C1=CC=C=CN1.[HH]. The molecule has 0 spiro atoms. The summed E-state index contributed by atoms with van der Waals surface area (Å²) in [6.45, 7) is 0. The van der Waals surface area contributed by atoms with Gasteiger partial charge in [0.05, 0.1) is 7.11 Å². The van der Waals surface area contributed by atoms with Crippen LogP contribution in [0.3, 0.4) is 0 Å². The number of methoxy groups -OCH3 is 1. The number of hydrogen-bond donors (Lipinski definition) is 1. The highest BCUT2D eigenvalue weighted by atomic mass is 16.5. The van der Waals surface area contributed by atoms with Crippen molar-refractivity contribution >= 4 is 5.97 Å². The fourth-order valence-corrected chi connectivity index (χ4v) is 0.584. The average molecular weight is 139 g/mol. The van der Waals surface area contributed by atoms with E-state index in [1.165, 1.54) is 7.11 Å². The summed E-state index contributed by atoms with van der Waals surface area (Å²) in [6, 6.07) is 0. The lowest BCUT2D eigenvalue weighted by molar-refractivity contribution is -0.136. The molecule has 0 atom stereocenters. The van der Waals surface area contributed by atoms with Crippen LogP contribution in [0.25, 0.3) is 0 Å². The highest BCUT2D eigenvalue weighted by Gasteiger charge is 2.06. The molecule has 0 aromatic rings. The van der Waals surface area contributed by atoms with Crippen LogP contribution >= 0.6 is 0 Å². The Hall–Kier alpha value is -1.47. The minimum absolute atomic E-state index is 0. The van der Waals surface area contributed by atoms with Gasteiger partial charge in [0.2, 0.25) is 0 Å². The van der Waals surface area contributed by atoms with Crippen molar-refractivity contribution in [2.75, 3.05) is 7.11 Å². The highest BCUT2D eigenvalue weighted by Crippen LogP contribution is 1.95. The molecule has 10 heavy (non-hydrogen) atoms. The van der Waals surface area contributed by atoms with Gasteiger partial charge in [0.25, 0.3) is 0 Å². The summed E-state index contributed by atoms with van der Waals surface area (Å²) >= 11 is 0. The van der Waals surface area contributed by atoms with E-state index in [0.717, 1.165) is 0 Å². The first-order chi connectivity index (χ1) is 4.84. The van der Waals surface area contributed by atoms with E-state index >= 15 is 0 Å². The Bertz CT molecular complexity index is 239. The van der Waals surface area contributed by atoms with Crippen LogP contribution in [0.15, 0.2) is 29.8 Å². The van der Waals surface area contributed by atoms with E-state index in [9.17, 15) is 4.79 Å². The van der Waals surface area contributed by atoms with Gasteiger partial charge < -0.3 is 10.1 Å². The Morgan fingerprint density at radius 2 is 2.70 bits per heavy atom. The maximum absolute atomic E-state index is 10.7. The number of rotatable bonds is 1. The van der Waals surface area contributed by atoms with Gasteiger partial charge in [0.1, 0.15) is 5.70 Å². The average Bonchev–Trinajstić information content (AvgIpc) is 2.05. The summed E-state index contributed by atoms with van der Waals surface area (Å²) in [5.74, 6) is -0.367. The van der Waals surface area contributed by atoms with E-state index in [1.54, 1.807) is 18.4 Å². The number of allylic oxidation sites excluding steroid dienone is 2. The fourth-order valence-electron chi connectivity index (χ4n) is 0.584. The quantitative estimate of drug-likeness (QED) is 0.426. The van der Waals surface area contributed by atoms with Crippen molar-refractivity contribution in [3.8, 4) is 0 Å². The molecule has 1 rings (SSSR count). The van der Waals surface area contributed by atoms with E-state index in [0.29, 0.717) is 5.70 Å². The molecular weight excluding hydrogens is 130 g/mol. The summed E-state index contributed by atoms with van der Waals surface area (Å²) < 4.78 is 4.45. The van der Waals surface area contributed by atoms with Crippen LogP contribution in [0, 0.1) is 0 Å². The number of hydrogen-bond acceptors (Lipinski definition) is 3. The van der Waals surface area contributed by atoms with Crippen LogP contribution in [0.4, 0.5) is 0 Å². The molecule has 0 aromatic heterocycles. The predicted octanol–water partition coefficient (Wildman–Crippen LogP) is 0.561. The van der Waals surface area contributed by atoms with Crippen LogP contribution in [0.5, 0.6) is 0 Å². The number of ether oxygens (including phenoxy) is 1. The first-order valence-electron chi connectivity index (χ1n) is 2.80. The second-order valence-corrected chi connectivity index (χ2v) is 1.69. The van der Waals surface area contributed by atoms with Crippen LogP contribution in [-0.2, 0) is 9.53 Å². The van der Waals surface area contributed by atoms with E-state index in [-0.39, 0.29) is 7.40 Å². The lowest BCUT2D eigenvalue weighted by Crippen LogP contribution is -2.17. The standard InChI is InChI=1S/C7H7NO2.H2/c1-10-7(9)6-4-2-3-5-8-6;/h2,4-5,8H,1H3;1H. The van der Waals surface area contributed by atoms with Gasteiger partial charge in [-0.3, -0.25) is 0 Å². The normalized spacial score (nSPS) is 13.9. The second kappa shape index (κ2) is 2.90. The van der Waals surface area contributed by atoms with E-state index in [2.05, 4.69) is 15.8 Å². The minimum atomic E-state index is -0.367. The molecule has 1 aliphatic heterocycles. The van der Waals surface area contributed by atoms with Gasteiger partial charge >= 0.3 is 5.97 Å². The van der Waals surface area contributed by atoms with Crippen molar-refractivity contribution < 1.29 is 11.0 Å². The molecular formula is C7H9NO2. The zero-order valence-corrected chi connectivity index (χ0v) is 5.55. The third-order valence-electron chi connectivity index (χ3n) is 1.06. The molecule has 1 N–H and O–H groups in total. The molecule has 54 valence electrons. The van der Waals surface area contributed by atoms with Gasteiger partial charge in [0, 0.05) is 7.63 Å². The Balaban J connectivity index is 0.000001000. The third kappa shape index (κ3) is 1.27. The van der Waals surface area contributed by atoms with Gasteiger partial charge in [-0.15, -0.1) is 5.73 Å². The summed E-state index contributed by atoms with van der Waals surface area (Å²) in [6.07, 6.45) is 4.79. The molecule has 0 bridgehead atoms. The highest BCUT2D eigenvalue weighted by molar-refractivity contribution is 5.88. The molecule has 0 fully saturated rings. The maximum Gasteiger partial charge on any atom is 0.354 e. The smallest absolute Gasteiger partial charge is 0.354 e. The molecule has 3 heteroatoms. The topological polar surface area (TPSA) is 38.3 Å².